The summed E-state index contributed by atoms with van der Waals surface area (Å²) in [7, 11) is 0. The van der Waals surface area contributed by atoms with E-state index in [1.54, 1.807) is 11.8 Å². The van der Waals surface area contributed by atoms with Gasteiger partial charge in [0.25, 0.3) is 0 Å². The Morgan fingerprint density at radius 1 is 1.08 bits per heavy atom. The van der Waals surface area contributed by atoms with E-state index >= 15 is 0 Å². The molecule has 0 saturated heterocycles. The molecule has 3 heteroatoms. The van der Waals surface area contributed by atoms with Crippen LogP contribution in [0.2, 0.25) is 0 Å². The van der Waals surface area contributed by atoms with E-state index in [1.165, 1.54) is 52.8 Å². The Balaban J connectivity index is 1.43. The summed E-state index contributed by atoms with van der Waals surface area (Å²) >= 11 is 1.69. The quantitative estimate of drug-likeness (QED) is 0.896. The monoisotopic (exact) mass is 337 g/mol. The third-order valence-electron chi connectivity index (χ3n) is 5.17. The summed E-state index contributed by atoms with van der Waals surface area (Å²) in [6.07, 6.45) is 5.81. The Hall–Kier alpha value is -1.74. The van der Waals surface area contributed by atoms with Gasteiger partial charge in [0.05, 0.1) is 11.3 Å². The van der Waals surface area contributed by atoms with Gasteiger partial charge in [0, 0.05) is 4.90 Å². The predicted molar refractivity (Wildman–Crippen MR) is 99.4 cm³/mol. The number of carbonyl (C=O) groups excluding carboxylic acids is 1. The van der Waals surface area contributed by atoms with Crippen LogP contribution in [-0.2, 0) is 24.1 Å². The molecule has 0 aromatic heterocycles. The molecule has 124 valence electrons. The zero-order valence-corrected chi connectivity index (χ0v) is 14.9. The highest BCUT2D eigenvalue weighted by atomic mass is 32.2. The average molecular weight is 337 g/mol. The van der Waals surface area contributed by atoms with Crippen molar-refractivity contribution < 1.29 is 4.79 Å². The SMILES string of the molecule is C[C@@H](NC(=O)[C@H]1Cc2ccccc2S1)c1ccc2c(c1)CCCC2. The Bertz CT molecular complexity index is 745. The molecule has 2 nitrogen and oxygen atoms in total. The molecule has 0 bridgehead atoms. The second kappa shape index (κ2) is 6.64. The molecular formula is C21H23NOS. The normalized spacial score (nSPS) is 20.1. The van der Waals surface area contributed by atoms with E-state index in [0.29, 0.717) is 0 Å². The fourth-order valence-corrected chi connectivity index (χ4v) is 4.95. The molecule has 1 N–H and O–H groups in total. The molecule has 2 aromatic rings. The Kier molecular flexibility index (Phi) is 4.36. The summed E-state index contributed by atoms with van der Waals surface area (Å²) in [4.78, 5) is 13.9. The Labute approximate surface area is 148 Å². The molecule has 0 radical (unpaired) electrons. The second-order valence-electron chi connectivity index (χ2n) is 6.88. The van der Waals surface area contributed by atoms with Crippen molar-refractivity contribution in [2.24, 2.45) is 0 Å². The number of carbonyl (C=O) groups is 1. The van der Waals surface area contributed by atoms with Crippen LogP contribution in [0.5, 0.6) is 0 Å². The lowest BCUT2D eigenvalue weighted by molar-refractivity contribution is -0.121. The van der Waals surface area contributed by atoms with E-state index in [0.717, 1.165) is 6.42 Å². The van der Waals surface area contributed by atoms with Crippen LogP contribution in [0.25, 0.3) is 0 Å². The van der Waals surface area contributed by atoms with Gasteiger partial charge in [-0.25, -0.2) is 0 Å². The van der Waals surface area contributed by atoms with Gasteiger partial charge in [-0.05, 0) is 67.3 Å². The number of aryl methyl sites for hydroxylation is 2. The maximum absolute atomic E-state index is 12.7. The third kappa shape index (κ3) is 3.10. The van der Waals surface area contributed by atoms with Gasteiger partial charge in [0.15, 0.2) is 0 Å². The molecule has 1 aliphatic heterocycles. The zero-order valence-electron chi connectivity index (χ0n) is 14.0. The molecule has 2 atom stereocenters. The van der Waals surface area contributed by atoms with Crippen LogP contribution in [0.4, 0.5) is 0 Å². The molecule has 0 spiro atoms. The lowest BCUT2D eigenvalue weighted by atomic mass is 9.89. The predicted octanol–water partition coefficient (Wildman–Crippen LogP) is 4.46. The molecule has 0 unspecified atom stereocenters. The number of nitrogens with one attached hydrogen (secondary N) is 1. The van der Waals surface area contributed by atoms with E-state index < -0.39 is 0 Å². The van der Waals surface area contributed by atoms with E-state index in [-0.39, 0.29) is 17.2 Å². The van der Waals surface area contributed by atoms with Crippen LogP contribution in [-0.4, -0.2) is 11.2 Å². The standard InChI is InChI=1S/C21H23NOS/c1-14(16-11-10-15-6-2-3-7-17(15)12-16)22-21(23)20-13-18-8-4-5-9-19(18)24-20/h4-5,8-12,14,20H,2-3,6-7,13H2,1H3,(H,22,23)/t14-,20-/m1/s1. The highest BCUT2D eigenvalue weighted by Crippen LogP contribution is 2.37. The minimum atomic E-state index is 0.00229. The van der Waals surface area contributed by atoms with E-state index in [9.17, 15) is 4.79 Å². The number of hydrogen-bond donors (Lipinski definition) is 1. The zero-order chi connectivity index (χ0) is 16.5. The molecule has 1 heterocycles. The topological polar surface area (TPSA) is 29.1 Å². The fraction of sp³-hybridized carbons (Fsp3) is 0.381. The van der Waals surface area contributed by atoms with Crippen molar-refractivity contribution in [2.75, 3.05) is 0 Å². The van der Waals surface area contributed by atoms with Gasteiger partial charge in [-0.3, -0.25) is 4.79 Å². The van der Waals surface area contributed by atoms with Gasteiger partial charge >= 0.3 is 0 Å². The van der Waals surface area contributed by atoms with Crippen molar-refractivity contribution in [3.63, 3.8) is 0 Å². The second-order valence-corrected chi connectivity index (χ2v) is 8.13. The number of benzene rings is 2. The van der Waals surface area contributed by atoms with Crippen molar-refractivity contribution in [1.82, 2.24) is 5.32 Å². The lowest BCUT2D eigenvalue weighted by Gasteiger charge is -2.21. The maximum atomic E-state index is 12.7. The molecule has 2 aromatic carbocycles. The molecule has 24 heavy (non-hydrogen) atoms. The van der Waals surface area contributed by atoms with E-state index in [4.69, 9.17) is 0 Å². The minimum absolute atomic E-state index is 0.00229. The summed E-state index contributed by atoms with van der Waals surface area (Å²) < 4.78 is 0. The largest absolute Gasteiger partial charge is 0.349 e. The number of hydrogen-bond acceptors (Lipinski definition) is 2. The summed E-state index contributed by atoms with van der Waals surface area (Å²) in [6.45, 7) is 2.09. The Morgan fingerprint density at radius 3 is 2.71 bits per heavy atom. The van der Waals surface area contributed by atoms with Crippen molar-refractivity contribution in [3.05, 3.63) is 64.7 Å². The molecule has 0 fully saturated rings. The van der Waals surface area contributed by atoms with Gasteiger partial charge in [0.2, 0.25) is 5.91 Å². The molecule has 4 rings (SSSR count). The highest BCUT2D eigenvalue weighted by molar-refractivity contribution is 8.01. The molecule has 1 amide bonds. The maximum Gasteiger partial charge on any atom is 0.234 e. The fourth-order valence-electron chi connectivity index (χ4n) is 3.74. The van der Waals surface area contributed by atoms with Crippen LogP contribution < -0.4 is 5.32 Å². The van der Waals surface area contributed by atoms with Gasteiger partial charge < -0.3 is 5.32 Å². The first kappa shape index (κ1) is 15.8. The third-order valence-corrected chi connectivity index (χ3v) is 6.49. The molecule has 1 aliphatic carbocycles. The number of thioether (sulfide) groups is 1. The smallest absolute Gasteiger partial charge is 0.234 e. The Morgan fingerprint density at radius 2 is 1.88 bits per heavy atom. The first-order chi connectivity index (χ1) is 11.7. The van der Waals surface area contributed by atoms with E-state index in [1.807, 2.05) is 6.07 Å². The number of rotatable bonds is 3. The molecule has 0 saturated carbocycles. The summed E-state index contributed by atoms with van der Waals surface area (Å²) in [5.41, 5.74) is 5.49. The number of amides is 1. The van der Waals surface area contributed by atoms with Gasteiger partial charge in [0.1, 0.15) is 0 Å². The van der Waals surface area contributed by atoms with Gasteiger partial charge in [-0.2, -0.15) is 0 Å². The lowest BCUT2D eigenvalue weighted by Crippen LogP contribution is -2.34. The first-order valence-electron chi connectivity index (χ1n) is 8.87. The number of fused-ring (bicyclic) bond motifs is 2. The molecule has 2 aliphatic rings. The summed E-state index contributed by atoms with van der Waals surface area (Å²) in [5.74, 6) is 0.154. The van der Waals surface area contributed by atoms with Crippen LogP contribution in [0.1, 0.15) is 48.1 Å². The van der Waals surface area contributed by atoms with Crippen molar-refractivity contribution >= 4 is 17.7 Å². The van der Waals surface area contributed by atoms with Crippen molar-refractivity contribution in [3.8, 4) is 0 Å². The first-order valence-corrected chi connectivity index (χ1v) is 9.75. The van der Waals surface area contributed by atoms with Crippen LogP contribution in [0.15, 0.2) is 47.4 Å². The van der Waals surface area contributed by atoms with Crippen LogP contribution in [0.3, 0.4) is 0 Å². The summed E-state index contributed by atoms with van der Waals surface area (Å²) in [5, 5.41) is 3.22. The minimum Gasteiger partial charge on any atom is -0.349 e. The van der Waals surface area contributed by atoms with Gasteiger partial charge in [-0.15, -0.1) is 11.8 Å². The van der Waals surface area contributed by atoms with Crippen LogP contribution in [0, 0.1) is 0 Å². The van der Waals surface area contributed by atoms with Crippen molar-refractivity contribution in [2.45, 2.75) is 55.2 Å². The molecular weight excluding hydrogens is 314 g/mol. The highest BCUT2D eigenvalue weighted by Gasteiger charge is 2.28. The summed E-state index contributed by atoms with van der Waals surface area (Å²) in [6, 6.07) is 15.1. The van der Waals surface area contributed by atoms with E-state index in [2.05, 4.69) is 48.6 Å². The van der Waals surface area contributed by atoms with Gasteiger partial charge in [-0.1, -0.05) is 36.4 Å². The van der Waals surface area contributed by atoms with Crippen molar-refractivity contribution in [1.29, 1.82) is 0 Å². The average Bonchev–Trinajstić information content (AvgIpc) is 3.05. The van der Waals surface area contributed by atoms with Crippen LogP contribution >= 0.6 is 11.8 Å².